The predicted molar refractivity (Wildman–Crippen MR) is 61.6 cm³/mol. The molecule has 1 saturated heterocycles. The van der Waals surface area contributed by atoms with Crippen LogP contribution >= 0.6 is 23.3 Å². The molecule has 1 fully saturated rings. The molecule has 1 aliphatic heterocycles. The number of anilines is 1. The summed E-state index contributed by atoms with van der Waals surface area (Å²) in [5.74, 6) is 1.37. The molecule has 1 N–H and O–H groups in total. The quantitative estimate of drug-likeness (QED) is 0.885. The smallest absolute Gasteiger partial charge is 0.187 e. The van der Waals surface area contributed by atoms with Crippen LogP contribution in [0.25, 0.3) is 0 Å². The molecule has 1 aromatic rings. The van der Waals surface area contributed by atoms with Crippen molar-refractivity contribution in [2.75, 3.05) is 24.6 Å². The van der Waals surface area contributed by atoms with Crippen molar-refractivity contribution in [2.24, 2.45) is 5.92 Å². The molecular formula is C9H14ClN3OS. The fourth-order valence-electron chi connectivity index (χ4n) is 2.04. The molecule has 84 valence electrons. The summed E-state index contributed by atoms with van der Waals surface area (Å²) < 4.78 is 8.16. The number of aromatic nitrogens is 2. The zero-order valence-electron chi connectivity index (χ0n) is 8.40. The zero-order chi connectivity index (χ0) is 10.7. The molecule has 6 heteroatoms. The molecule has 2 heterocycles. The Labute approximate surface area is 98.2 Å². The zero-order valence-corrected chi connectivity index (χ0v) is 9.97. The van der Waals surface area contributed by atoms with Gasteiger partial charge in [0.15, 0.2) is 11.0 Å². The van der Waals surface area contributed by atoms with Crippen LogP contribution < -0.4 is 4.90 Å². The lowest BCUT2D eigenvalue weighted by atomic mass is 9.95. The lowest BCUT2D eigenvalue weighted by Crippen LogP contribution is -2.36. The van der Waals surface area contributed by atoms with Crippen LogP contribution in [0.1, 0.15) is 19.3 Å². The van der Waals surface area contributed by atoms with E-state index >= 15 is 0 Å². The van der Waals surface area contributed by atoms with Crippen LogP contribution in [0.5, 0.6) is 0 Å². The monoisotopic (exact) mass is 247 g/mol. The van der Waals surface area contributed by atoms with Gasteiger partial charge in [-0.1, -0.05) is 11.6 Å². The van der Waals surface area contributed by atoms with Crippen molar-refractivity contribution in [3.8, 4) is 0 Å². The van der Waals surface area contributed by atoms with E-state index in [0.717, 1.165) is 43.5 Å². The Morgan fingerprint density at radius 2 is 2.40 bits per heavy atom. The van der Waals surface area contributed by atoms with Gasteiger partial charge in [-0.3, -0.25) is 0 Å². The molecule has 2 rings (SSSR count). The van der Waals surface area contributed by atoms with Crippen molar-refractivity contribution in [1.29, 1.82) is 0 Å². The first-order valence-corrected chi connectivity index (χ1v) is 6.26. The van der Waals surface area contributed by atoms with E-state index in [-0.39, 0.29) is 6.61 Å². The van der Waals surface area contributed by atoms with E-state index < -0.39 is 0 Å². The first-order chi connectivity index (χ1) is 7.31. The number of piperidine rings is 1. The Bertz CT molecular complexity index is 318. The van der Waals surface area contributed by atoms with Crippen LogP contribution in [0.4, 0.5) is 5.82 Å². The molecule has 1 aliphatic rings. The van der Waals surface area contributed by atoms with Crippen molar-refractivity contribution < 1.29 is 5.11 Å². The minimum atomic E-state index is 0.265. The fraction of sp³-hybridized carbons (Fsp3) is 0.778. The maximum Gasteiger partial charge on any atom is 0.187 e. The van der Waals surface area contributed by atoms with Gasteiger partial charge in [0.05, 0.1) is 11.7 Å². The van der Waals surface area contributed by atoms with Gasteiger partial charge in [-0.05, 0) is 25.2 Å². The minimum absolute atomic E-state index is 0.265. The van der Waals surface area contributed by atoms with Crippen molar-refractivity contribution >= 4 is 29.1 Å². The van der Waals surface area contributed by atoms with E-state index in [9.17, 15) is 0 Å². The largest absolute Gasteiger partial charge is 0.396 e. The molecule has 0 aromatic carbocycles. The van der Waals surface area contributed by atoms with Gasteiger partial charge in [-0.25, -0.2) is 0 Å². The molecule has 1 aromatic heterocycles. The van der Waals surface area contributed by atoms with Crippen LogP contribution in [-0.4, -0.2) is 33.6 Å². The fourth-order valence-corrected chi connectivity index (χ4v) is 2.82. The van der Waals surface area contributed by atoms with E-state index in [1.165, 1.54) is 6.42 Å². The number of halogens is 1. The van der Waals surface area contributed by atoms with Crippen LogP contribution in [-0.2, 0) is 0 Å². The summed E-state index contributed by atoms with van der Waals surface area (Å²) in [7, 11) is 0. The second-order valence-electron chi connectivity index (χ2n) is 3.85. The van der Waals surface area contributed by atoms with Crippen molar-refractivity contribution in [2.45, 2.75) is 19.3 Å². The normalized spacial score (nSPS) is 22.0. The molecule has 1 unspecified atom stereocenters. The Morgan fingerprint density at radius 1 is 1.53 bits per heavy atom. The Hall–Kier alpha value is -0.390. The molecule has 0 amide bonds. The van der Waals surface area contributed by atoms with E-state index in [1.807, 2.05) is 0 Å². The molecule has 0 saturated carbocycles. The van der Waals surface area contributed by atoms with E-state index in [2.05, 4.69) is 13.6 Å². The average molecular weight is 248 g/mol. The first kappa shape index (κ1) is 11.1. The topological polar surface area (TPSA) is 49.2 Å². The molecule has 0 bridgehead atoms. The summed E-state index contributed by atoms with van der Waals surface area (Å²) in [6.07, 6.45) is 3.19. The van der Waals surface area contributed by atoms with Gasteiger partial charge in [-0.15, -0.1) is 0 Å². The summed E-state index contributed by atoms with van der Waals surface area (Å²) in [6, 6.07) is 0. The third-order valence-corrected chi connectivity index (χ3v) is 3.66. The van der Waals surface area contributed by atoms with Gasteiger partial charge in [0, 0.05) is 19.7 Å². The van der Waals surface area contributed by atoms with Crippen LogP contribution in [0.15, 0.2) is 0 Å². The number of aliphatic hydroxyl groups excluding tert-OH is 1. The summed E-state index contributed by atoms with van der Waals surface area (Å²) >= 11 is 7.10. The number of hydrogen-bond donors (Lipinski definition) is 1. The van der Waals surface area contributed by atoms with E-state index in [0.29, 0.717) is 11.1 Å². The first-order valence-electron chi connectivity index (χ1n) is 5.15. The highest BCUT2D eigenvalue weighted by Crippen LogP contribution is 2.28. The average Bonchev–Trinajstić information content (AvgIpc) is 2.65. The third-order valence-electron chi connectivity index (χ3n) is 2.79. The summed E-state index contributed by atoms with van der Waals surface area (Å²) in [5.41, 5.74) is 0. The lowest BCUT2D eigenvalue weighted by Gasteiger charge is -2.32. The van der Waals surface area contributed by atoms with Gasteiger partial charge in [0.25, 0.3) is 0 Å². The van der Waals surface area contributed by atoms with Crippen molar-refractivity contribution in [1.82, 2.24) is 8.75 Å². The van der Waals surface area contributed by atoms with Gasteiger partial charge >= 0.3 is 0 Å². The second-order valence-corrected chi connectivity index (χ2v) is 4.73. The SMILES string of the molecule is OCCC1CCCN(c2nsnc2Cl)C1. The van der Waals surface area contributed by atoms with Gasteiger partial charge in [0.1, 0.15) is 0 Å². The second kappa shape index (κ2) is 5.09. The van der Waals surface area contributed by atoms with Crippen LogP contribution in [0.2, 0.25) is 5.15 Å². The molecule has 15 heavy (non-hydrogen) atoms. The van der Waals surface area contributed by atoms with Gasteiger partial charge < -0.3 is 10.0 Å². The van der Waals surface area contributed by atoms with Gasteiger partial charge in [0.2, 0.25) is 0 Å². The van der Waals surface area contributed by atoms with E-state index in [4.69, 9.17) is 16.7 Å². The highest BCUT2D eigenvalue weighted by atomic mass is 35.5. The Kier molecular flexibility index (Phi) is 3.77. The highest BCUT2D eigenvalue weighted by Gasteiger charge is 2.23. The van der Waals surface area contributed by atoms with Crippen molar-refractivity contribution in [3.05, 3.63) is 5.15 Å². The molecule has 0 radical (unpaired) electrons. The number of nitrogens with zero attached hydrogens (tertiary/aromatic N) is 3. The third kappa shape index (κ3) is 2.59. The van der Waals surface area contributed by atoms with Crippen LogP contribution in [0.3, 0.4) is 0 Å². The molecular weight excluding hydrogens is 234 g/mol. The number of aliphatic hydroxyl groups is 1. The summed E-state index contributed by atoms with van der Waals surface area (Å²) in [5, 5.41) is 9.42. The van der Waals surface area contributed by atoms with Crippen molar-refractivity contribution in [3.63, 3.8) is 0 Å². The van der Waals surface area contributed by atoms with E-state index in [1.54, 1.807) is 0 Å². The van der Waals surface area contributed by atoms with Gasteiger partial charge in [-0.2, -0.15) is 8.75 Å². The molecule has 4 nitrogen and oxygen atoms in total. The number of rotatable bonds is 3. The maximum absolute atomic E-state index is 8.92. The van der Waals surface area contributed by atoms with Crippen LogP contribution in [0, 0.1) is 5.92 Å². The Balaban J connectivity index is 2.01. The molecule has 0 aliphatic carbocycles. The summed E-state index contributed by atoms with van der Waals surface area (Å²) in [6.45, 7) is 2.19. The summed E-state index contributed by atoms with van der Waals surface area (Å²) in [4.78, 5) is 2.18. The predicted octanol–water partition coefficient (Wildman–Crippen LogP) is 1.79. The standard InChI is InChI=1S/C9H14ClN3OS/c10-8-9(12-15-11-8)13-4-1-2-7(6-13)3-5-14/h7,14H,1-6H2. The molecule has 0 spiro atoms. The highest BCUT2D eigenvalue weighted by molar-refractivity contribution is 6.99. The molecule has 1 atom stereocenters. The maximum atomic E-state index is 8.92. The minimum Gasteiger partial charge on any atom is -0.396 e. The lowest BCUT2D eigenvalue weighted by molar-refractivity contribution is 0.244. The Morgan fingerprint density at radius 3 is 3.07 bits per heavy atom. The number of hydrogen-bond acceptors (Lipinski definition) is 5.